The van der Waals surface area contributed by atoms with E-state index in [1.54, 1.807) is 4.68 Å². The van der Waals surface area contributed by atoms with Gasteiger partial charge in [0.05, 0.1) is 24.2 Å². The number of nitrogens with zero attached hydrogens (tertiary/aromatic N) is 4. The smallest absolute Gasteiger partial charge is 0.183 e. The van der Waals surface area contributed by atoms with Crippen LogP contribution in [0.5, 0.6) is 5.75 Å². The number of aryl methyl sites for hydroxylation is 1. The quantitative estimate of drug-likeness (QED) is 0.520. The van der Waals surface area contributed by atoms with Crippen molar-refractivity contribution in [2.75, 3.05) is 11.9 Å². The molecule has 0 unspecified atom stereocenters. The van der Waals surface area contributed by atoms with E-state index in [-0.39, 0.29) is 0 Å². The standard InChI is InChI=1S/C22H23N5O/c1-3-16-5-7-17(8-6-16)14-23-18-13-21-22(24-15-18)27(26-25-21)19-9-11-20(12-10-19)28-4-2/h5-13,15,23H,3-4,14H2,1-2H3. The van der Waals surface area contributed by atoms with Crippen LogP contribution in [0.15, 0.2) is 60.8 Å². The van der Waals surface area contributed by atoms with Gasteiger partial charge in [-0.1, -0.05) is 36.4 Å². The molecule has 142 valence electrons. The molecule has 0 radical (unpaired) electrons. The van der Waals surface area contributed by atoms with Crippen LogP contribution in [-0.4, -0.2) is 26.6 Å². The van der Waals surface area contributed by atoms with Gasteiger partial charge in [-0.15, -0.1) is 5.10 Å². The molecule has 2 aromatic carbocycles. The van der Waals surface area contributed by atoms with Gasteiger partial charge in [0.1, 0.15) is 11.3 Å². The van der Waals surface area contributed by atoms with Gasteiger partial charge >= 0.3 is 0 Å². The van der Waals surface area contributed by atoms with Crippen molar-refractivity contribution in [1.82, 2.24) is 20.0 Å². The van der Waals surface area contributed by atoms with Gasteiger partial charge in [0.2, 0.25) is 0 Å². The molecule has 6 heteroatoms. The average Bonchev–Trinajstić information content (AvgIpc) is 3.17. The van der Waals surface area contributed by atoms with Gasteiger partial charge in [-0.2, -0.15) is 4.68 Å². The molecule has 0 aliphatic heterocycles. The van der Waals surface area contributed by atoms with Crippen LogP contribution in [0, 0.1) is 0 Å². The summed E-state index contributed by atoms with van der Waals surface area (Å²) in [5.74, 6) is 0.835. The maximum absolute atomic E-state index is 5.49. The van der Waals surface area contributed by atoms with Crippen molar-refractivity contribution in [3.05, 3.63) is 71.9 Å². The lowest BCUT2D eigenvalue weighted by atomic mass is 10.1. The minimum absolute atomic E-state index is 0.645. The highest BCUT2D eigenvalue weighted by molar-refractivity contribution is 5.75. The number of nitrogens with one attached hydrogen (secondary N) is 1. The topological polar surface area (TPSA) is 64.9 Å². The Morgan fingerprint density at radius 1 is 0.964 bits per heavy atom. The van der Waals surface area contributed by atoms with Crippen molar-refractivity contribution in [1.29, 1.82) is 0 Å². The Kier molecular flexibility index (Phi) is 5.19. The minimum atomic E-state index is 0.645. The summed E-state index contributed by atoms with van der Waals surface area (Å²) in [6.45, 7) is 5.51. The third kappa shape index (κ3) is 3.81. The summed E-state index contributed by atoms with van der Waals surface area (Å²) >= 11 is 0. The molecule has 0 amide bonds. The van der Waals surface area contributed by atoms with Gasteiger partial charge in [-0.25, -0.2) is 4.98 Å². The number of hydrogen-bond acceptors (Lipinski definition) is 5. The first-order valence-corrected chi connectivity index (χ1v) is 9.53. The summed E-state index contributed by atoms with van der Waals surface area (Å²) in [7, 11) is 0. The van der Waals surface area contributed by atoms with Crippen molar-refractivity contribution >= 4 is 16.9 Å². The molecule has 0 aliphatic rings. The number of benzene rings is 2. The highest BCUT2D eigenvalue weighted by atomic mass is 16.5. The SMILES string of the molecule is CCOc1ccc(-n2nnc3cc(NCc4ccc(CC)cc4)cnc32)cc1. The predicted octanol–water partition coefficient (Wildman–Crippen LogP) is 4.39. The van der Waals surface area contributed by atoms with E-state index < -0.39 is 0 Å². The summed E-state index contributed by atoms with van der Waals surface area (Å²) in [6.07, 6.45) is 2.87. The first-order valence-electron chi connectivity index (χ1n) is 9.53. The monoisotopic (exact) mass is 373 g/mol. The first-order chi connectivity index (χ1) is 13.8. The molecule has 0 fully saturated rings. The van der Waals surface area contributed by atoms with E-state index in [2.05, 4.69) is 51.8 Å². The number of ether oxygens (including phenoxy) is 1. The zero-order valence-corrected chi connectivity index (χ0v) is 16.1. The third-order valence-corrected chi connectivity index (χ3v) is 4.61. The lowest BCUT2D eigenvalue weighted by molar-refractivity contribution is 0.340. The third-order valence-electron chi connectivity index (χ3n) is 4.61. The van der Waals surface area contributed by atoms with Crippen LogP contribution >= 0.6 is 0 Å². The molecular weight excluding hydrogens is 350 g/mol. The Labute approximate surface area is 164 Å². The van der Waals surface area contributed by atoms with Crippen LogP contribution in [0.3, 0.4) is 0 Å². The molecule has 2 aromatic heterocycles. The van der Waals surface area contributed by atoms with Gasteiger partial charge in [0.25, 0.3) is 0 Å². The molecule has 0 saturated heterocycles. The van der Waals surface area contributed by atoms with Crippen molar-refractivity contribution in [3.63, 3.8) is 0 Å². The first kappa shape index (κ1) is 18.0. The van der Waals surface area contributed by atoms with Gasteiger partial charge in [-0.05, 0) is 54.8 Å². The Balaban J connectivity index is 1.50. The summed E-state index contributed by atoms with van der Waals surface area (Å²) in [4.78, 5) is 4.56. The van der Waals surface area contributed by atoms with E-state index in [4.69, 9.17) is 4.74 Å². The fourth-order valence-electron chi connectivity index (χ4n) is 3.04. The molecule has 0 saturated carbocycles. The molecule has 1 N–H and O–H groups in total. The van der Waals surface area contributed by atoms with Gasteiger partial charge in [0, 0.05) is 6.54 Å². The maximum Gasteiger partial charge on any atom is 0.183 e. The predicted molar refractivity (Wildman–Crippen MR) is 111 cm³/mol. The Hall–Kier alpha value is -3.41. The summed E-state index contributed by atoms with van der Waals surface area (Å²) in [6, 6.07) is 18.4. The molecule has 28 heavy (non-hydrogen) atoms. The van der Waals surface area contributed by atoms with Crippen LogP contribution in [0.4, 0.5) is 5.69 Å². The number of pyridine rings is 1. The molecular formula is C22H23N5O. The lowest BCUT2D eigenvalue weighted by Gasteiger charge is -2.07. The number of hydrogen-bond donors (Lipinski definition) is 1. The highest BCUT2D eigenvalue weighted by Crippen LogP contribution is 2.20. The van der Waals surface area contributed by atoms with Crippen molar-refractivity contribution in [3.8, 4) is 11.4 Å². The van der Waals surface area contributed by atoms with E-state index in [9.17, 15) is 0 Å². The second-order valence-electron chi connectivity index (χ2n) is 6.52. The van der Waals surface area contributed by atoms with Gasteiger partial charge in [0.15, 0.2) is 5.65 Å². The summed E-state index contributed by atoms with van der Waals surface area (Å²) < 4.78 is 7.22. The second-order valence-corrected chi connectivity index (χ2v) is 6.52. The number of rotatable bonds is 7. The minimum Gasteiger partial charge on any atom is -0.494 e. The maximum atomic E-state index is 5.49. The van der Waals surface area contributed by atoms with E-state index in [1.807, 2.05) is 43.5 Å². The molecule has 0 atom stereocenters. The van der Waals surface area contributed by atoms with Crippen LogP contribution < -0.4 is 10.1 Å². The Bertz CT molecular complexity index is 1050. The molecule has 0 spiro atoms. The average molecular weight is 373 g/mol. The summed E-state index contributed by atoms with van der Waals surface area (Å²) in [5.41, 5.74) is 5.87. The summed E-state index contributed by atoms with van der Waals surface area (Å²) in [5, 5.41) is 11.9. The number of aromatic nitrogens is 4. The van der Waals surface area contributed by atoms with Crippen LogP contribution in [0.2, 0.25) is 0 Å². The van der Waals surface area contributed by atoms with Crippen LogP contribution in [0.25, 0.3) is 16.9 Å². The van der Waals surface area contributed by atoms with Gasteiger partial charge in [-0.3, -0.25) is 0 Å². The zero-order valence-electron chi connectivity index (χ0n) is 16.1. The molecule has 4 aromatic rings. The fourth-order valence-corrected chi connectivity index (χ4v) is 3.04. The largest absolute Gasteiger partial charge is 0.494 e. The molecule has 2 heterocycles. The van der Waals surface area contributed by atoms with Gasteiger partial charge < -0.3 is 10.1 Å². The van der Waals surface area contributed by atoms with Crippen molar-refractivity contribution in [2.24, 2.45) is 0 Å². The van der Waals surface area contributed by atoms with Crippen molar-refractivity contribution < 1.29 is 4.74 Å². The highest BCUT2D eigenvalue weighted by Gasteiger charge is 2.09. The normalized spacial score (nSPS) is 10.9. The molecule has 6 nitrogen and oxygen atoms in total. The second kappa shape index (κ2) is 8.08. The molecule has 0 bridgehead atoms. The Morgan fingerprint density at radius 2 is 1.71 bits per heavy atom. The lowest BCUT2D eigenvalue weighted by Crippen LogP contribution is -2.01. The Morgan fingerprint density at radius 3 is 2.43 bits per heavy atom. The van der Waals surface area contributed by atoms with E-state index in [1.165, 1.54) is 11.1 Å². The zero-order chi connectivity index (χ0) is 19.3. The van der Waals surface area contributed by atoms with E-state index in [0.29, 0.717) is 6.61 Å². The molecule has 4 rings (SSSR count). The van der Waals surface area contributed by atoms with Crippen molar-refractivity contribution in [2.45, 2.75) is 26.8 Å². The van der Waals surface area contributed by atoms with Crippen LogP contribution in [0.1, 0.15) is 25.0 Å². The van der Waals surface area contributed by atoms with E-state index >= 15 is 0 Å². The van der Waals surface area contributed by atoms with E-state index in [0.717, 1.165) is 41.3 Å². The van der Waals surface area contributed by atoms with Crippen LogP contribution in [-0.2, 0) is 13.0 Å². The number of fused-ring (bicyclic) bond motifs is 1. The number of anilines is 1. The molecule has 0 aliphatic carbocycles. The fraction of sp³-hybridized carbons (Fsp3) is 0.227.